The van der Waals surface area contributed by atoms with Crippen LogP contribution in [-0.4, -0.2) is 61.2 Å². The smallest absolute Gasteiger partial charge is 0.335 e. The Kier molecular flexibility index (Phi) is 6.95. The van der Waals surface area contributed by atoms with Gasteiger partial charge in [-0.25, -0.2) is 4.79 Å². The van der Waals surface area contributed by atoms with Crippen molar-refractivity contribution in [1.82, 2.24) is 15.5 Å². The predicted molar refractivity (Wildman–Crippen MR) is 93.0 cm³/mol. The summed E-state index contributed by atoms with van der Waals surface area (Å²) in [7, 11) is 0. The summed E-state index contributed by atoms with van der Waals surface area (Å²) in [6.45, 7) is 4.97. The molecular formula is C17H21N5O3. The number of carbonyl (C=O) groups is 2. The molecular weight excluding hydrogens is 322 g/mol. The van der Waals surface area contributed by atoms with Gasteiger partial charge in [-0.1, -0.05) is 6.07 Å². The molecule has 0 radical (unpaired) electrons. The van der Waals surface area contributed by atoms with Crippen molar-refractivity contribution in [3.05, 3.63) is 41.6 Å². The first-order chi connectivity index (χ1) is 12.1. The van der Waals surface area contributed by atoms with Crippen LogP contribution in [0, 0.1) is 11.3 Å². The lowest BCUT2D eigenvalue weighted by atomic mass is 10.2. The monoisotopic (exact) mass is 343 g/mol. The van der Waals surface area contributed by atoms with E-state index < -0.39 is 11.9 Å². The summed E-state index contributed by atoms with van der Waals surface area (Å²) in [5.74, 6) is -1.50. The van der Waals surface area contributed by atoms with Crippen LogP contribution in [0.4, 0.5) is 5.69 Å². The van der Waals surface area contributed by atoms with E-state index >= 15 is 0 Å². The standard InChI is InChI=1S/C17H21N5O3/c18-11-14(12-21-15-3-1-2-13(10-15)17(24)25)16(23)20-6-9-22-7-4-19-5-8-22/h1-3,10,12,19,21H,4-9H2,(H,20,23)(H,24,25)/b14-12-. The number of hydrogen-bond donors (Lipinski definition) is 4. The highest BCUT2D eigenvalue weighted by molar-refractivity contribution is 5.97. The Balaban J connectivity index is 1.86. The highest BCUT2D eigenvalue weighted by Crippen LogP contribution is 2.11. The third kappa shape index (κ3) is 5.91. The molecule has 0 atom stereocenters. The second kappa shape index (κ2) is 9.42. The number of rotatable bonds is 7. The first-order valence-electron chi connectivity index (χ1n) is 8.01. The van der Waals surface area contributed by atoms with Crippen molar-refractivity contribution in [2.75, 3.05) is 44.6 Å². The Morgan fingerprint density at radius 2 is 2.12 bits per heavy atom. The molecule has 0 aromatic heterocycles. The summed E-state index contributed by atoms with van der Waals surface area (Å²) in [6.07, 6.45) is 1.28. The molecule has 1 aromatic carbocycles. The summed E-state index contributed by atoms with van der Waals surface area (Å²) >= 11 is 0. The number of nitrogens with one attached hydrogen (secondary N) is 3. The van der Waals surface area contributed by atoms with Crippen molar-refractivity contribution in [2.24, 2.45) is 0 Å². The van der Waals surface area contributed by atoms with Gasteiger partial charge in [-0.05, 0) is 18.2 Å². The van der Waals surface area contributed by atoms with E-state index in [1.165, 1.54) is 18.3 Å². The van der Waals surface area contributed by atoms with Gasteiger partial charge >= 0.3 is 5.97 Å². The van der Waals surface area contributed by atoms with Gasteiger partial charge in [-0.3, -0.25) is 9.69 Å². The quantitative estimate of drug-likeness (QED) is 0.413. The molecule has 0 bridgehead atoms. The van der Waals surface area contributed by atoms with E-state index in [-0.39, 0.29) is 11.1 Å². The molecule has 8 heteroatoms. The van der Waals surface area contributed by atoms with Crippen molar-refractivity contribution < 1.29 is 14.7 Å². The maximum absolute atomic E-state index is 12.0. The fraction of sp³-hybridized carbons (Fsp3) is 0.353. The van der Waals surface area contributed by atoms with Crippen LogP contribution in [0.1, 0.15) is 10.4 Å². The van der Waals surface area contributed by atoms with Gasteiger partial charge in [0.2, 0.25) is 0 Å². The van der Waals surface area contributed by atoms with Gasteiger partial charge in [-0.2, -0.15) is 5.26 Å². The number of amides is 1. The topological polar surface area (TPSA) is 117 Å². The molecule has 132 valence electrons. The van der Waals surface area contributed by atoms with Crippen molar-refractivity contribution >= 4 is 17.6 Å². The molecule has 1 aromatic rings. The van der Waals surface area contributed by atoms with Crippen LogP contribution in [0.2, 0.25) is 0 Å². The predicted octanol–water partition coefficient (Wildman–Crippen LogP) is 0.226. The summed E-state index contributed by atoms with van der Waals surface area (Å²) < 4.78 is 0. The minimum atomic E-state index is -1.04. The van der Waals surface area contributed by atoms with E-state index in [4.69, 9.17) is 10.4 Å². The Morgan fingerprint density at radius 1 is 1.36 bits per heavy atom. The molecule has 4 N–H and O–H groups in total. The lowest BCUT2D eigenvalue weighted by Gasteiger charge is -2.27. The SMILES string of the molecule is N#C/C(=C/Nc1cccc(C(=O)O)c1)C(=O)NCCN1CCNCC1. The molecule has 0 unspecified atom stereocenters. The summed E-state index contributed by atoms with van der Waals surface area (Å²) in [6, 6.07) is 7.97. The van der Waals surface area contributed by atoms with Gasteiger partial charge in [0.25, 0.3) is 5.91 Å². The summed E-state index contributed by atoms with van der Waals surface area (Å²) in [5, 5.41) is 26.9. The molecule has 1 saturated heterocycles. The molecule has 0 spiro atoms. The number of nitrogens with zero attached hydrogens (tertiary/aromatic N) is 2. The van der Waals surface area contributed by atoms with Gasteiger partial charge in [0.05, 0.1) is 5.56 Å². The Hall–Kier alpha value is -2.89. The number of piperazine rings is 1. The minimum absolute atomic E-state index is 0.0685. The lowest BCUT2D eigenvalue weighted by Crippen LogP contribution is -2.46. The van der Waals surface area contributed by atoms with E-state index in [1.54, 1.807) is 12.1 Å². The average Bonchev–Trinajstić information content (AvgIpc) is 2.63. The Morgan fingerprint density at radius 3 is 2.80 bits per heavy atom. The zero-order chi connectivity index (χ0) is 18.1. The van der Waals surface area contributed by atoms with Crippen LogP contribution < -0.4 is 16.0 Å². The third-order valence-corrected chi connectivity index (χ3v) is 3.78. The Labute approximate surface area is 146 Å². The Bertz CT molecular complexity index is 690. The average molecular weight is 343 g/mol. The molecule has 1 amide bonds. The maximum Gasteiger partial charge on any atom is 0.335 e. The second-order valence-corrected chi connectivity index (χ2v) is 5.55. The van der Waals surface area contributed by atoms with Crippen LogP contribution in [0.15, 0.2) is 36.0 Å². The lowest BCUT2D eigenvalue weighted by molar-refractivity contribution is -0.117. The van der Waals surface area contributed by atoms with E-state index in [1.807, 2.05) is 6.07 Å². The van der Waals surface area contributed by atoms with Crippen molar-refractivity contribution in [1.29, 1.82) is 5.26 Å². The minimum Gasteiger partial charge on any atom is -0.478 e. The fourth-order valence-corrected chi connectivity index (χ4v) is 2.40. The zero-order valence-electron chi connectivity index (χ0n) is 13.8. The third-order valence-electron chi connectivity index (χ3n) is 3.78. The van der Waals surface area contributed by atoms with Crippen LogP contribution in [0.3, 0.4) is 0 Å². The number of benzene rings is 1. The van der Waals surface area contributed by atoms with E-state index in [2.05, 4.69) is 20.9 Å². The number of aromatic carboxylic acids is 1. The molecule has 1 heterocycles. The number of carbonyl (C=O) groups excluding carboxylic acids is 1. The normalized spacial score (nSPS) is 15.2. The highest BCUT2D eigenvalue weighted by atomic mass is 16.4. The zero-order valence-corrected chi connectivity index (χ0v) is 13.8. The van der Waals surface area contributed by atoms with Crippen LogP contribution in [0.5, 0.6) is 0 Å². The number of carboxylic acids is 1. The first kappa shape index (κ1) is 18.4. The van der Waals surface area contributed by atoms with Crippen molar-refractivity contribution in [3.63, 3.8) is 0 Å². The van der Waals surface area contributed by atoms with Gasteiger partial charge in [0, 0.05) is 51.2 Å². The molecule has 2 rings (SSSR count). The molecule has 1 aliphatic heterocycles. The number of nitriles is 1. The molecule has 1 fully saturated rings. The van der Waals surface area contributed by atoms with Crippen LogP contribution >= 0.6 is 0 Å². The van der Waals surface area contributed by atoms with Crippen molar-refractivity contribution in [2.45, 2.75) is 0 Å². The van der Waals surface area contributed by atoms with Gasteiger partial charge < -0.3 is 21.1 Å². The highest BCUT2D eigenvalue weighted by Gasteiger charge is 2.12. The molecule has 8 nitrogen and oxygen atoms in total. The van der Waals surface area contributed by atoms with Gasteiger partial charge in [0.1, 0.15) is 11.6 Å². The maximum atomic E-state index is 12.0. The fourth-order valence-electron chi connectivity index (χ4n) is 2.40. The molecule has 1 aliphatic rings. The van der Waals surface area contributed by atoms with E-state index in [9.17, 15) is 9.59 Å². The van der Waals surface area contributed by atoms with Gasteiger partial charge in [0.15, 0.2) is 0 Å². The van der Waals surface area contributed by atoms with E-state index in [0.29, 0.717) is 12.2 Å². The largest absolute Gasteiger partial charge is 0.478 e. The summed E-state index contributed by atoms with van der Waals surface area (Å²) in [5.41, 5.74) is 0.541. The number of carboxylic acid groups (broad SMARTS) is 1. The molecule has 0 aliphatic carbocycles. The summed E-state index contributed by atoms with van der Waals surface area (Å²) in [4.78, 5) is 25.2. The van der Waals surface area contributed by atoms with Crippen molar-refractivity contribution in [3.8, 4) is 6.07 Å². The molecule has 0 saturated carbocycles. The van der Waals surface area contributed by atoms with E-state index in [0.717, 1.165) is 32.7 Å². The van der Waals surface area contributed by atoms with Crippen LogP contribution in [-0.2, 0) is 4.79 Å². The molecule has 25 heavy (non-hydrogen) atoms. The number of hydrogen-bond acceptors (Lipinski definition) is 6. The van der Waals surface area contributed by atoms with Crippen LogP contribution in [0.25, 0.3) is 0 Å². The first-order valence-corrected chi connectivity index (χ1v) is 8.01. The van der Waals surface area contributed by atoms with Gasteiger partial charge in [-0.15, -0.1) is 0 Å². The second-order valence-electron chi connectivity index (χ2n) is 5.55. The number of anilines is 1.